The molecule has 0 saturated heterocycles. The minimum Gasteiger partial charge on any atom is -0.396 e. The molecule has 0 radical (unpaired) electrons. The van der Waals surface area contributed by atoms with Gasteiger partial charge < -0.3 is 10.4 Å². The molecule has 0 saturated carbocycles. The Balaban J connectivity index is 1.91. The number of aliphatic hydroxyl groups excluding tert-OH is 1. The van der Waals surface area contributed by atoms with Crippen LogP contribution in [-0.4, -0.2) is 18.3 Å². The van der Waals surface area contributed by atoms with Gasteiger partial charge in [0, 0.05) is 17.9 Å². The molecule has 0 bridgehead atoms. The van der Waals surface area contributed by atoms with Crippen molar-refractivity contribution in [3.05, 3.63) is 35.2 Å². The summed E-state index contributed by atoms with van der Waals surface area (Å²) in [6.07, 6.45) is 0.872. The standard InChI is InChI=1S/C14H19NOS/c1-11(6-7-16)8-15-9-12-10-17-14-5-3-2-4-13(12)14/h2-5,10-11,15-16H,6-9H2,1H3. The van der Waals surface area contributed by atoms with E-state index in [2.05, 4.69) is 41.9 Å². The van der Waals surface area contributed by atoms with E-state index in [4.69, 9.17) is 5.11 Å². The molecule has 2 rings (SSSR count). The van der Waals surface area contributed by atoms with E-state index in [1.165, 1.54) is 15.6 Å². The fourth-order valence-corrected chi connectivity index (χ4v) is 2.91. The Morgan fingerprint density at radius 3 is 3.00 bits per heavy atom. The highest BCUT2D eigenvalue weighted by Gasteiger charge is 2.04. The van der Waals surface area contributed by atoms with E-state index in [0.717, 1.165) is 19.5 Å². The summed E-state index contributed by atoms with van der Waals surface area (Å²) in [4.78, 5) is 0. The zero-order valence-corrected chi connectivity index (χ0v) is 11.0. The summed E-state index contributed by atoms with van der Waals surface area (Å²) in [6, 6.07) is 8.52. The lowest BCUT2D eigenvalue weighted by Gasteiger charge is -2.10. The Morgan fingerprint density at radius 2 is 2.18 bits per heavy atom. The van der Waals surface area contributed by atoms with Crippen LogP contribution < -0.4 is 5.32 Å². The summed E-state index contributed by atoms with van der Waals surface area (Å²) in [6.45, 7) is 4.32. The molecule has 1 heterocycles. The van der Waals surface area contributed by atoms with Crippen molar-refractivity contribution in [1.82, 2.24) is 5.32 Å². The highest BCUT2D eigenvalue weighted by Crippen LogP contribution is 2.25. The molecule has 0 fully saturated rings. The zero-order chi connectivity index (χ0) is 12.1. The van der Waals surface area contributed by atoms with Crippen LogP contribution in [0, 0.1) is 5.92 Å². The molecule has 0 amide bonds. The first-order chi connectivity index (χ1) is 8.31. The number of aliphatic hydroxyl groups is 1. The number of benzene rings is 1. The van der Waals surface area contributed by atoms with Crippen molar-refractivity contribution in [2.24, 2.45) is 5.92 Å². The molecule has 17 heavy (non-hydrogen) atoms. The van der Waals surface area contributed by atoms with Gasteiger partial charge in [-0.2, -0.15) is 0 Å². The number of hydrogen-bond donors (Lipinski definition) is 2. The number of hydrogen-bond acceptors (Lipinski definition) is 3. The molecule has 0 aliphatic carbocycles. The topological polar surface area (TPSA) is 32.3 Å². The Kier molecular flexibility index (Phi) is 4.54. The van der Waals surface area contributed by atoms with Crippen LogP contribution in [0.15, 0.2) is 29.6 Å². The largest absolute Gasteiger partial charge is 0.396 e. The van der Waals surface area contributed by atoms with Crippen LogP contribution in [0.1, 0.15) is 18.9 Å². The van der Waals surface area contributed by atoms with Gasteiger partial charge in [0.15, 0.2) is 0 Å². The Morgan fingerprint density at radius 1 is 1.35 bits per heavy atom. The maximum Gasteiger partial charge on any atom is 0.0434 e. The highest BCUT2D eigenvalue weighted by atomic mass is 32.1. The fraction of sp³-hybridized carbons (Fsp3) is 0.429. The Bertz CT molecular complexity index is 466. The van der Waals surface area contributed by atoms with E-state index in [1.807, 2.05) is 0 Å². The number of nitrogens with one attached hydrogen (secondary N) is 1. The van der Waals surface area contributed by atoms with Crippen LogP contribution in [0.25, 0.3) is 10.1 Å². The first kappa shape index (κ1) is 12.6. The summed E-state index contributed by atoms with van der Waals surface area (Å²) in [5.74, 6) is 0.532. The van der Waals surface area contributed by atoms with Gasteiger partial charge in [0.25, 0.3) is 0 Å². The van der Waals surface area contributed by atoms with Crippen molar-refractivity contribution in [1.29, 1.82) is 0 Å². The summed E-state index contributed by atoms with van der Waals surface area (Å²) in [5, 5.41) is 15.9. The van der Waals surface area contributed by atoms with Gasteiger partial charge in [-0.15, -0.1) is 11.3 Å². The third kappa shape index (κ3) is 3.28. The summed E-state index contributed by atoms with van der Waals surface area (Å²) >= 11 is 1.80. The fourth-order valence-electron chi connectivity index (χ4n) is 1.95. The van der Waals surface area contributed by atoms with E-state index in [-0.39, 0.29) is 6.61 Å². The van der Waals surface area contributed by atoms with Crippen molar-refractivity contribution >= 4 is 21.4 Å². The van der Waals surface area contributed by atoms with E-state index >= 15 is 0 Å². The minimum absolute atomic E-state index is 0.282. The SMILES string of the molecule is CC(CCO)CNCc1csc2ccccc12. The number of fused-ring (bicyclic) bond motifs is 1. The summed E-state index contributed by atoms with van der Waals surface area (Å²) in [5.41, 5.74) is 1.38. The molecular formula is C14H19NOS. The van der Waals surface area contributed by atoms with Gasteiger partial charge in [0.2, 0.25) is 0 Å². The quantitative estimate of drug-likeness (QED) is 0.825. The zero-order valence-electron chi connectivity index (χ0n) is 10.1. The van der Waals surface area contributed by atoms with Crippen molar-refractivity contribution in [2.75, 3.05) is 13.2 Å². The van der Waals surface area contributed by atoms with Crippen molar-refractivity contribution in [3.63, 3.8) is 0 Å². The molecule has 0 aliphatic rings. The molecule has 1 aromatic heterocycles. The van der Waals surface area contributed by atoms with Crippen LogP contribution in [0.5, 0.6) is 0 Å². The van der Waals surface area contributed by atoms with E-state index in [0.29, 0.717) is 5.92 Å². The smallest absolute Gasteiger partial charge is 0.0434 e. The maximum absolute atomic E-state index is 8.84. The molecule has 92 valence electrons. The lowest BCUT2D eigenvalue weighted by molar-refractivity contribution is 0.260. The second-order valence-electron chi connectivity index (χ2n) is 4.51. The predicted octanol–water partition coefficient (Wildman–Crippen LogP) is 3.01. The van der Waals surface area contributed by atoms with Gasteiger partial charge >= 0.3 is 0 Å². The molecular weight excluding hydrogens is 230 g/mol. The molecule has 1 atom stereocenters. The molecule has 2 aromatic rings. The van der Waals surface area contributed by atoms with Crippen LogP contribution >= 0.6 is 11.3 Å². The first-order valence-corrected chi connectivity index (χ1v) is 6.96. The highest BCUT2D eigenvalue weighted by molar-refractivity contribution is 7.17. The first-order valence-electron chi connectivity index (χ1n) is 6.08. The van der Waals surface area contributed by atoms with Gasteiger partial charge in [-0.1, -0.05) is 25.1 Å². The van der Waals surface area contributed by atoms with Crippen molar-refractivity contribution in [2.45, 2.75) is 19.9 Å². The third-order valence-corrected chi connectivity index (χ3v) is 4.00. The summed E-state index contributed by atoms with van der Waals surface area (Å²) < 4.78 is 1.35. The molecule has 1 aromatic carbocycles. The Hall–Kier alpha value is -0.900. The van der Waals surface area contributed by atoms with Gasteiger partial charge in [-0.3, -0.25) is 0 Å². The van der Waals surface area contributed by atoms with Gasteiger partial charge in [0.1, 0.15) is 0 Å². The number of thiophene rings is 1. The summed E-state index contributed by atoms with van der Waals surface area (Å²) in [7, 11) is 0. The lowest BCUT2D eigenvalue weighted by atomic mass is 10.1. The molecule has 2 nitrogen and oxygen atoms in total. The molecule has 3 heteroatoms. The molecule has 2 N–H and O–H groups in total. The van der Waals surface area contributed by atoms with E-state index < -0.39 is 0 Å². The van der Waals surface area contributed by atoms with Gasteiger partial charge in [-0.25, -0.2) is 0 Å². The van der Waals surface area contributed by atoms with Gasteiger partial charge in [0.05, 0.1) is 0 Å². The normalized spacial score (nSPS) is 13.1. The van der Waals surface area contributed by atoms with Crippen molar-refractivity contribution < 1.29 is 5.11 Å². The van der Waals surface area contributed by atoms with Crippen molar-refractivity contribution in [3.8, 4) is 0 Å². The molecule has 0 aliphatic heterocycles. The van der Waals surface area contributed by atoms with Crippen LogP contribution in [-0.2, 0) is 6.54 Å². The second kappa shape index (κ2) is 6.15. The molecule has 0 spiro atoms. The second-order valence-corrected chi connectivity index (χ2v) is 5.42. The van der Waals surface area contributed by atoms with Crippen LogP contribution in [0.2, 0.25) is 0 Å². The predicted molar refractivity (Wildman–Crippen MR) is 74.4 cm³/mol. The molecule has 1 unspecified atom stereocenters. The third-order valence-electron chi connectivity index (χ3n) is 2.99. The minimum atomic E-state index is 0.282. The monoisotopic (exact) mass is 249 g/mol. The van der Waals surface area contributed by atoms with Gasteiger partial charge in [-0.05, 0) is 41.3 Å². The average molecular weight is 249 g/mol. The van der Waals surface area contributed by atoms with E-state index in [9.17, 15) is 0 Å². The van der Waals surface area contributed by atoms with Crippen LogP contribution in [0.4, 0.5) is 0 Å². The van der Waals surface area contributed by atoms with Crippen LogP contribution in [0.3, 0.4) is 0 Å². The lowest BCUT2D eigenvalue weighted by Crippen LogP contribution is -2.21. The van der Waals surface area contributed by atoms with E-state index in [1.54, 1.807) is 11.3 Å². The number of rotatable bonds is 6. The Labute approximate surface area is 106 Å². The maximum atomic E-state index is 8.84. The average Bonchev–Trinajstić information content (AvgIpc) is 2.73.